The van der Waals surface area contributed by atoms with Crippen LogP contribution in [0.25, 0.3) is 33.4 Å². The maximum Gasteiger partial charge on any atom is 0.0467 e. The van der Waals surface area contributed by atoms with Crippen molar-refractivity contribution in [1.82, 2.24) is 0 Å². The Morgan fingerprint density at radius 3 is 1.09 bits per heavy atom. The van der Waals surface area contributed by atoms with Gasteiger partial charge in [-0.25, -0.2) is 0 Å². The smallest absolute Gasteiger partial charge is 0.0467 e. The van der Waals surface area contributed by atoms with Crippen molar-refractivity contribution in [2.75, 3.05) is 9.80 Å². The average Bonchev–Trinajstić information content (AvgIpc) is 3.75. The van der Waals surface area contributed by atoms with Gasteiger partial charge in [-0.15, -0.1) is 0 Å². The van der Waals surface area contributed by atoms with Gasteiger partial charge in [0, 0.05) is 34.1 Å². The minimum atomic E-state index is 0.993. The highest BCUT2D eigenvalue weighted by atomic mass is 15.1. The van der Waals surface area contributed by atoms with Crippen LogP contribution >= 0.6 is 0 Å². The van der Waals surface area contributed by atoms with Crippen LogP contribution in [0.15, 0.2) is 255 Å². The summed E-state index contributed by atoms with van der Waals surface area (Å²) in [6.45, 7) is 8.55. The summed E-state index contributed by atoms with van der Waals surface area (Å²) in [5.41, 5.74) is 22.3. The molecule has 0 aliphatic heterocycles. The van der Waals surface area contributed by atoms with E-state index < -0.39 is 0 Å². The molecule has 67 heavy (non-hydrogen) atoms. The van der Waals surface area contributed by atoms with E-state index in [4.69, 9.17) is 0 Å². The molecule has 1 aliphatic carbocycles. The number of para-hydroxylation sites is 2. The van der Waals surface area contributed by atoms with Gasteiger partial charge in [-0.2, -0.15) is 0 Å². The van der Waals surface area contributed by atoms with Gasteiger partial charge in [-0.05, 0) is 163 Å². The van der Waals surface area contributed by atoms with Crippen LogP contribution in [0.4, 0.5) is 34.1 Å². The molecule has 1 aliphatic rings. The number of fused-ring (bicyclic) bond motifs is 3. The van der Waals surface area contributed by atoms with Gasteiger partial charge >= 0.3 is 0 Å². The molecule has 0 aromatic heterocycles. The van der Waals surface area contributed by atoms with Gasteiger partial charge in [0.15, 0.2) is 0 Å². The van der Waals surface area contributed by atoms with Crippen molar-refractivity contribution in [1.29, 1.82) is 0 Å². The lowest BCUT2D eigenvalue weighted by atomic mass is 9.95. The van der Waals surface area contributed by atoms with Gasteiger partial charge in [0.25, 0.3) is 0 Å². The van der Waals surface area contributed by atoms with Crippen LogP contribution in [0.1, 0.15) is 33.4 Å². The predicted octanol–water partition coefficient (Wildman–Crippen LogP) is 18.1. The van der Waals surface area contributed by atoms with E-state index in [-0.39, 0.29) is 0 Å². The molecule has 2 heteroatoms. The molecule has 0 spiro atoms. The minimum absolute atomic E-state index is 0.993. The van der Waals surface area contributed by atoms with Crippen LogP contribution in [0, 0.1) is 27.7 Å². The van der Waals surface area contributed by atoms with Crippen LogP contribution in [-0.2, 0) is 6.42 Å². The Hall–Kier alpha value is -8.20. The van der Waals surface area contributed by atoms with Crippen LogP contribution in [-0.4, -0.2) is 0 Å². The number of nitrogens with zero attached hydrogens (tertiary/aromatic N) is 2. The zero-order valence-electron chi connectivity index (χ0n) is 38.9. The van der Waals surface area contributed by atoms with E-state index in [1.165, 1.54) is 66.8 Å². The Kier molecular flexibility index (Phi) is 13.6. The largest absolute Gasteiger partial charge is 0.310 e. The SMILES string of the molecule is Cc1ccccc1.Cc1ccccc1.Cc1ccccc1-c1cc(N(c2ccccc2)c2ccc(-c3ccc(N(c4ccccc4)c4ccc5c(c4)-c4ccccc4C5)cc3)cc2)ccc1C. The minimum Gasteiger partial charge on any atom is -0.310 e. The van der Waals surface area contributed by atoms with E-state index in [0.29, 0.717) is 0 Å². The second kappa shape index (κ2) is 20.7. The molecule has 10 aromatic carbocycles. The third kappa shape index (κ3) is 10.4. The lowest BCUT2D eigenvalue weighted by molar-refractivity contribution is 1.24. The van der Waals surface area contributed by atoms with E-state index >= 15 is 0 Å². The summed E-state index contributed by atoms with van der Waals surface area (Å²) in [6.07, 6.45) is 0.993. The Labute approximate surface area is 397 Å². The molecule has 0 unspecified atom stereocenters. The number of hydrogen-bond acceptors (Lipinski definition) is 2. The molecule has 326 valence electrons. The van der Waals surface area contributed by atoms with Crippen molar-refractivity contribution < 1.29 is 0 Å². The molecule has 0 atom stereocenters. The molecule has 11 rings (SSSR count). The molecular formula is C65H56N2. The standard InChI is InChI=1S/C51H40N2.2C7H8/c1-36-13-9-11-19-48(36)50-34-46(27-21-37(50)2)52(42-15-5-3-6-16-42)44-28-22-38(23-29-44)39-24-30-45(31-25-39)53(43-17-7-4-8-18-43)47-32-26-41-33-40-14-10-12-20-49(40)51(41)35-47;2*1-7-5-3-2-4-6-7/h3-32,34-35H,33H2,1-2H3;2*2-6H,1H3. The molecule has 0 fully saturated rings. The Balaban J connectivity index is 0.000000344. The quantitative estimate of drug-likeness (QED) is 0.150. The van der Waals surface area contributed by atoms with E-state index in [2.05, 4.69) is 256 Å². The Bertz CT molecular complexity index is 3120. The maximum absolute atomic E-state index is 2.36. The topological polar surface area (TPSA) is 6.48 Å². The number of anilines is 6. The van der Waals surface area contributed by atoms with Crippen molar-refractivity contribution in [2.45, 2.75) is 34.1 Å². The lowest BCUT2D eigenvalue weighted by Gasteiger charge is -2.27. The van der Waals surface area contributed by atoms with Gasteiger partial charge in [0.05, 0.1) is 0 Å². The van der Waals surface area contributed by atoms with Crippen LogP contribution in [0.2, 0.25) is 0 Å². The molecule has 0 amide bonds. The molecule has 0 radical (unpaired) electrons. The van der Waals surface area contributed by atoms with Gasteiger partial charge in [-0.3, -0.25) is 0 Å². The monoisotopic (exact) mass is 864 g/mol. The summed E-state index contributed by atoms with van der Waals surface area (Å²) < 4.78 is 0. The Morgan fingerprint density at radius 1 is 0.254 bits per heavy atom. The first kappa shape index (κ1) is 44.0. The van der Waals surface area contributed by atoms with E-state index in [1.54, 1.807) is 0 Å². The van der Waals surface area contributed by atoms with Crippen molar-refractivity contribution in [3.05, 3.63) is 288 Å². The second-order valence-corrected chi connectivity index (χ2v) is 17.2. The molecule has 0 saturated heterocycles. The lowest BCUT2D eigenvalue weighted by Crippen LogP contribution is -2.10. The zero-order valence-corrected chi connectivity index (χ0v) is 38.9. The molecule has 0 N–H and O–H groups in total. The fraction of sp³-hybridized carbons (Fsp3) is 0.0769. The van der Waals surface area contributed by atoms with Gasteiger partial charge < -0.3 is 9.80 Å². The number of aryl methyl sites for hydroxylation is 4. The summed E-state index contributed by atoms with van der Waals surface area (Å²) >= 11 is 0. The van der Waals surface area contributed by atoms with E-state index in [9.17, 15) is 0 Å². The second-order valence-electron chi connectivity index (χ2n) is 17.2. The average molecular weight is 865 g/mol. The van der Waals surface area contributed by atoms with Gasteiger partial charge in [0.2, 0.25) is 0 Å². The molecule has 10 aromatic rings. The summed E-state index contributed by atoms with van der Waals surface area (Å²) in [5.74, 6) is 0. The van der Waals surface area contributed by atoms with Crippen molar-refractivity contribution in [3.63, 3.8) is 0 Å². The summed E-state index contributed by atoms with van der Waals surface area (Å²) in [6, 6.07) is 90.9. The molecule has 0 bridgehead atoms. The molecule has 0 saturated carbocycles. The van der Waals surface area contributed by atoms with Crippen LogP contribution in [0.3, 0.4) is 0 Å². The van der Waals surface area contributed by atoms with Crippen LogP contribution < -0.4 is 9.80 Å². The molecule has 2 nitrogen and oxygen atoms in total. The van der Waals surface area contributed by atoms with Gasteiger partial charge in [0.1, 0.15) is 0 Å². The zero-order chi connectivity index (χ0) is 46.0. The highest BCUT2D eigenvalue weighted by Crippen LogP contribution is 2.43. The van der Waals surface area contributed by atoms with Crippen molar-refractivity contribution in [3.8, 4) is 33.4 Å². The third-order valence-electron chi connectivity index (χ3n) is 12.4. The fourth-order valence-electron chi connectivity index (χ4n) is 8.89. The van der Waals surface area contributed by atoms with Crippen molar-refractivity contribution >= 4 is 34.1 Å². The summed E-state index contributed by atoms with van der Waals surface area (Å²) in [4.78, 5) is 4.71. The predicted molar refractivity (Wildman–Crippen MR) is 287 cm³/mol. The number of hydrogen-bond donors (Lipinski definition) is 0. The number of rotatable bonds is 8. The third-order valence-corrected chi connectivity index (χ3v) is 12.4. The first-order chi connectivity index (χ1) is 32.9. The fourth-order valence-corrected chi connectivity index (χ4v) is 8.89. The van der Waals surface area contributed by atoms with E-state index in [0.717, 1.165) is 40.5 Å². The maximum atomic E-state index is 2.36. The van der Waals surface area contributed by atoms with Crippen LogP contribution in [0.5, 0.6) is 0 Å². The van der Waals surface area contributed by atoms with Crippen molar-refractivity contribution in [2.24, 2.45) is 0 Å². The highest BCUT2D eigenvalue weighted by Gasteiger charge is 2.21. The number of benzene rings is 10. The summed E-state index contributed by atoms with van der Waals surface area (Å²) in [7, 11) is 0. The van der Waals surface area contributed by atoms with E-state index in [1.807, 2.05) is 36.4 Å². The first-order valence-electron chi connectivity index (χ1n) is 23.2. The summed E-state index contributed by atoms with van der Waals surface area (Å²) in [5, 5.41) is 0. The normalized spacial score (nSPS) is 10.9. The van der Waals surface area contributed by atoms with Gasteiger partial charge in [-0.1, -0.05) is 193 Å². The Morgan fingerprint density at radius 2 is 0.612 bits per heavy atom. The molecular weight excluding hydrogens is 809 g/mol. The first-order valence-corrected chi connectivity index (χ1v) is 23.2. The highest BCUT2D eigenvalue weighted by molar-refractivity contribution is 5.86. The molecule has 0 heterocycles.